The minimum Gasteiger partial charge on any atom is -0.396 e. The second-order valence-electron chi connectivity index (χ2n) is 3.83. The van der Waals surface area contributed by atoms with Crippen molar-refractivity contribution in [3.63, 3.8) is 0 Å². The van der Waals surface area contributed by atoms with Gasteiger partial charge in [-0.05, 0) is 19.3 Å². The molecule has 0 saturated heterocycles. The van der Waals surface area contributed by atoms with Crippen molar-refractivity contribution < 1.29 is 13.5 Å². The van der Waals surface area contributed by atoms with Gasteiger partial charge in [-0.2, -0.15) is 11.8 Å². The molecule has 14 heavy (non-hydrogen) atoms. The van der Waals surface area contributed by atoms with E-state index in [4.69, 9.17) is 5.11 Å². The first-order chi connectivity index (χ1) is 6.54. The van der Waals surface area contributed by atoms with Crippen molar-refractivity contribution in [1.82, 2.24) is 0 Å². The van der Waals surface area contributed by atoms with E-state index in [9.17, 15) is 8.42 Å². The Balaban J connectivity index is 2.44. The van der Waals surface area contributed by atoms with E-state index in [1.165, 1.54) is 6.26 Å². The number of aliphatic hydroxyl groups is 1. The van der Waals surface area contributed by atoms with E-state index in [0.717, 1.165) is 31.4 Å². The lowest BCUT2D eigenvalue weighted by molar-refractivity contribution is 0.322. The van der Waals surface area contributed by atoms with Gasteiger partial charge in [0.05, 0.1) is 11.9 Å². The third kappa shape index (κ3) is 3.79. The van der Waals surface area contributed by atoms with Gasteiger partial charge >= 0.3 is 0 Å². The average molecular weight is 238 g/mol. The molecule has 0 radical (unpaired) electrons. The summed E-state index contributed by atoms with van der Waals surface area (Å²) in [6.07, 6.45) is 5.01. The highest BCUT2D eigenvalue weighted by Gasteiger charge is 2.28. The zero-order valence-electron chi connectivity index (χ0n) is 8.48. The smallest absolute Gasteiger partial charge is 0.150 e. The maximum absolute atomic E-state index is 11.3. The standard InChI is InChI=1S/C9H18O3S2/c1-14(11,12)9-4-2-3-8(7-9)13-6-5-10/h8-10H,2-7H2,1H3. The van der Waals surface area contributed by atoms with Gasteiger partial charge in [-0.1, -0.05) is 6.42 Å². The summed E-state index contributed by atoms with van der Waals surface area (Å²) in [5, 5.41) is 8.96. The van der Waals surface area contributed by atoms with E-state index in [0.29, 0.717) is 5.25 Å². The molecule has 1 rings (SSSR count). The fraction of sp³-hybridized carbons (Fsp3) is 1.00. The zero-order chi connectivity index (χ0) is 10.6. The van der Waals surface area contributed by atoms with Crippen molar-refractivity contribution >= 4 is 21.6 Å². The van der Waals surface area contributed by atoms with E-state index >= 15 is 0 Å². The molecule has 0 amide bonds. The van der Waals surface area contributed by atoms with E-state index in [1.54, 1.807) is 11.8 Å². The van der Waals surface area contributed by atoms with Crippen LogP contribution in [0.5, 0.6) is 0 Å². The summed E-state index contributed by atoms with van der Waals surface area (Å²) in [4.78, 5) is 0. The lowest BCUT2D eigenvalue weighted by Crippen LogP contribution is -2.28. The van der Waals surface area contributed by atoms with E-state index in [2.05, 4.69) is 0 Å². The minimum absolute atomic E-state index is 0.146. The summed E-state index contributed by atoms with van der Waals surface area (Å²) in [7, 11) is -2.86. The monoisotopic (exact) mass is 238 g/mol. The molecule has 0 aromatic rings. The molecule has 1 aliphatic carbocycles. The predicted molar refractivity (Wildman–Crippen MR) is 60.4 cm³/mol. The van der Waals surface area contributed by atoms with Crippen LogP contribution < -0.4 is 0 Å². The van der Waals surface area contributed by atoms with Crippen LogP contribution in [0.25, 0.3) is 0 Å². The number of aliphatic hydroxyl groups excluding tert-OH is 1. The first-order valence-corrected chi connectivity index (χ1v) is 7.95. The Morgan fingerprint density at radius 2 is 2.14 bits per heavy atom. The number of hydrogen-bond donors (Lipinski definition) is 1. The molecule has 0 aromatic carbocycles. The van der Waals surface area contributed by atoms with Gasteiger partial charge in [-0.3, -0.25) is 0 Å². The summed E-state index contributed by atoms with van der Waals surface area (Å²) in [6.45, 7) is 0.185. The second-order valence-corrected chi connectivity index (χ2v) is 7.57. The molecule has 3 nitrogen and oxygen atoms in total. The van der Waals surface area contributed by atoms with Gasteiger partial charge in [0.15, 0.2) is 0 Å². The van der Waals surface area contributed by atoms with Gasteiger partial charge < -0.3 is 5.11 Å². The molecular formula is C9H18O3S2. The molecule has 2 unspecified atom stereocenters. The third-order valence-electron chi connectivity index (χ3n) is 2.63. The normalized spacial score (nSPS) is 29.0. The number of rotatable bonds is 4. The van der Waals surface area contributed by atoms with Crippen LogP contribution in [0.15, 0.2) is 0 Å². The largest absolute Gasteiger partial charge is 0.396 e. The first kappa shape index (κ1) is 12.3. The summed E-state index contributed by atoms with van der Waals surface area (Å²) in [6, 6.07) is 0. The number of thioether (sulfide) groups is 1. The Labute approximate surface area is 90.2 Å². The third-order valence-corrected chi connectivity index (χ3v) is 5.59. The van der Waals surface area contributed by atoms with Crippen molar-refractivity contribution in [2.75, 3.05) is 18.6 Å². The van der Waals surface area contributed by atoms with Crippen molar-refractivity contribution in [3.05, 3.63) is 0 Å². The fourth-order valence-electron chi connectivity index (χ4n) is 1.86. The van der Waals surface area contributed by atoms with Crippen molar-refractivity contribution in [3.8, 4) is 0 Å². The Kier molecular flexibility index (Phi) is 4.73. The summed E-state index contributed by atoms with van der Waals surface area (Å²) >= 11 is 1.70. The van der Waals surface area contributed by atoms with Gasteiger partial charge in [0.1, 0.15) is 9.84 Å². The maximum Gasteiger partial charge on any atom is 0.150 e. The Morgan fingerprint density at radius 3 is 2.71 bits per heavy atom. The molecule has 2 atom stereocenters. The van der Waals surface area contributed by atoms with Crippen LogP contribution in [0, 0.1) is 0 Å². The summed E-state index contributed by atoms with van der Waals surface area (Å²) < 4.78 is 22.7. The Bertz CT molecular complexity index is 261. The lowest BCUT2D eigenvalue weighted by Gasteiger charge is -2.27. The van der Waals surface area contributed by atoms with Crippen molar-refractivity contribution in [1.29, 1.82) is 0 Å². The van der Waals surface area contributed by atoms with Gasteiger partial charge in [0.2, 0.25) is 0 Å². The highest BCUT2D eigenvalue weighted by molar-refractivity contribution is 8.00. The molecule has 0 aliphatic heterocycles. The SMILES string of the molecule is CS(=O)(=O)C1CCCC(SCCO)C1. The Morgan fingerprint density at radius 1 is 1.43 bits per heavy atom. The average Bonchev–Trinajstić information content (AvgIpc) is 2.14. The second kappa shape index (κ2) is 5.37. The molecule has 1 aliphatic rings. The summed E-state index contributed by atoms with van der Waals surface area (Å²) in [5.74, 6) is 0.723. The highest BCUT2D eigenvalue weighted by Crippen LogP contribution is 2.31. The molecule has 0 aromatic heterocycles. The molecule has 0 bridgehead atoms. The van der Waals surface area contributed by atoms with Crippen molar-refractivity contribution in [2.24, 2.45) is 0 Å². The number of sulfone groups is 1. The van der Waals surface area contributed by atoms with Gasteiger partial charge in [0, 0.05) is 17.3 Å². The molecule has 0 spiro atoms. The van der Waals surface area contributed by atoms with Crippen LogP contribution in [-0.4, -0.2) is 42.6 Å². The molecule has 0 heterocycles. The van der Waals surface area contributed by atoms with Gasteiger partial charge in [-0.15, -0.1) is 0 Å². The van der Waals surface area contributed by atoms with Crippen LogP contribution in [-0.2, 0) is 9.84 Å². The molecular weight excluding hydrogens is 220 g/mol. The fourth-order valence-corrected chi connectivity index (χ4v) is 4.30. The topological polar surface area (TPSA) is 54.4 Å². The Hall–Kier alpha value is 0.260. The maximum atomic E-state index is 11.3. The van der Waals surface area contributed by atoms with Crippen LogP contribution >= 0.6 is 11.8 Å². The van der Waals surface area contributed by atoms with Crippen molar-refractivity contribution in [2.45, 2.75) is 36.2 Å². The van der Waals surface area contributed by atoms with Crippen LogP contribution in [0.2, 0.25) is 0 Å². The first-order valence-electron chi connectivity index (χ1n) is 4.95. The molecule has 1 fully saturated rings. The van der Waals surface area contributed by atoms with Crippen LogP contribution in [0.1, 0.15) is 25.7 Å². The molecule has 1 N–H and O–H groups in total. The molecule has 1 saturated carbocycles. The molecule has 5 heteroatoms. The number of hydrogen-bond acceptors (Lipinski definition) is 4. The quantitative estimate of drug-likeness (QED) is 0.796. The minimum atomic E-state index is -2.86. The van der Waals surface area contributed by atoms with Gasteiger partial charge in [-0.25, -0.2) is 8.42 Å². The predicted octanol–water partition coefficient (Wildman–Crippen LogP) is 1.07. The van der Waals surface area contributed by atoms with Crippen LogP contribution in [0.4, 0.5) is 0 Å². The highest BCUT2D eigenvalue weighted by atomic mass is 32.2. The van der Waals surface area contributed by atoms with Gasteiger partial charge in [0.25, 0.3) is 0 Å². The van der Waals surface area contributed by atoms with E-state index in [1.807, 2.05) is 0 Å². The van der Waals surface area contributed by atoms with E-state index in [-0.39, 0.29) is 11.9 Å². The summed E-state index contributed by atoms with van der Waals surface area (Å²) in [5.41, 5.74) is 0. The van der Waals surface area contributed by atoms with E-state index < -0.39 is 9.84 Å². The molecule has 84 valence electrons. The lowest BCUT2D eigenvalue weighted by atomic mass is 10.00. The van der Waals surface area contributed by atoms with Crippen LogP contribution in [0.3, 0.4) is 0 Å². The zero-order valence-corrected chi connectivity index (χ0v) is 10.1.